The molecule has 0 spiro atoms. The van der Waals surface area contributed by atoms with Crippen LogP contribution in [0.3, 0.4) is 0 Å². The van der Waals surface area contributed by atoms with Crippen molar-refractivity contribution in [1.82, 2.24) is 9.29 Å². The molecule has 0 aliphatic heterocycles. The number of amides is 2. The predicted octanol–water partition coefficient (Wildman–Crippen LogP) is 4.50. The summed E-state index contributed by atoms with van der Waals surface area (Å²) in [4.78, 5) is 18.9. The van der Waals surface area contributed by atoms with Crippen LogP contribution in [0.1, 0.15) is 5.56 Å². The van der Waals surface area contributed by atoms with Gasteiger partial charge in [-0.3, -0.25) is 10.2 Å². The Bertz CT molecular complexity index is 1040. The fourth-order valence-electron chi connectivity index (χ4n) is 2.46. The van der Waals surface area contributed by atoms with E-state index in [0.717, 1.165) is 5.56 Å². The number of carbonyl (C=O) groups is 1. The number of hydrogen-bond donors (Lipinski definition) is 1. The van der Waals surface area contributed by atoms with Crippen LogP contribution in [0.4, 0.5) is 15.6 Å². The van der Waals surface area contributed by atoms with E-state index in [-0.39, 0.29) is 6.03 Å². The van der Waals surface area contributed by atoms with Gasteiger partial charge in [0.1, 0.15) is 16.7 Å². The van der Waals surface area contributed by atoms with Gasteiger partial charge in [0.2, 0.25) is 5.06 Å². The van der Waals surface area contributed by atoms with Crippen molar-refractivity contribution in [2.75, 3.05) is 31.4 Å². The molecule has 1 heterocycles. The summed E-state index contributed by atoms with van der Waals surface area (Å²) in [5.41, 5.74) is 1.72. The number of anilines is 2. The van der Waals surface area contributed by atoms with Gasteiger partial charge in [0.25, 0.3) is 0 Å². The molecule has 1 atom stereocenters. The van der Waals surface area contributed by atoms with Crippen LogP contribution >= 0.6 is 11.3 Å². The molecule has 3 aromatic rings. The van der Waals surface area contributed by atoms with E-state index >= 15 is 0 Å². The van der Waals surface area contributed by atoms with Gasteiger partial charge >= 0.3 is 6.03 Å². The number of ether oxygens (including phenoxy) is 1. The second-order valence-corrected chi connectivity index (χ2v) is 9.14. The summed E-state index contributed by atoms with van der Waals surface area (Å²) in [5, 5.41) is 3.77. The first-order chi connectivity index (χ1) is 13.8. The highest BCUT2D eigenvalue weighted by Gasteiger charge is 2.15. The average Bonchev–Trinajstić information content (AvgIpc) is 3.13. The fraction of sp³-hybridized carbons (Fsp3) is 0.200. The SMILES string of the molecule is Cc1cccc(Oc2cnc(NC(=O)N(C)c3cccc(S(=O)N(C)C)c3)s2)c1. The zero-order valence-corrected chi connectivity index (χ0v) is 18.2. The lowest BCUT2D eigenvalue weighted by Gasteiger charge is -2.18. The monoisotopic (exact) mass is 430 g/mol. The molecule has 0 aliphatic carbocycles. The van der Waals surface area contributed by atoms with Gasteiger partial charge in [-0.1, -0.05) is 29.5 Å². The summed E-state index contributed by atoms with van der Waals surface area (Å²) in [7, 11) is 3.83. The molecular weight excluding hydrogens is 408 g/mol. The minimum Gasteiger partial charge on any atom is -0.445 e. The highest BCUT2D eigenvalue weighted by molar-refractivity contribution is 7.82. The Morgan fingerprint density at radius 1 is 1.14 bits per heavy atom. The Hall–Kier alpha value is -2.75. The number of aryl methyl sites for hydroxylation is 1. The second-order valence-electron chi connectivity index (χ2n) is 6.45. The second kappa shape index (κ2) is 9.17. The van der Waals surface area contributed by atoms with Crippen molar-refractivity contribution in [1.29, 1.82) is 0 Å². The van der Waals surface area contributed by atoms with Crippen LogP contribution in [0.2, 0.25) is 0 Å². The minimum absolute atomic E-state index is 0.353. The van der Waals surface area contributed by atoms with Gasteiger partial charge in [0.05, 0.1) is 11.1 Å². The Morgan fingerprint density at radius 3 is 2.62 bits per heavy atom. The van der Waals surface area contributed by atoms with E-state index in [1.54, 1.807) is 55.9 Å². The fourth-order valence-corrected chi connectivity index (χ4v) is 3.98. The third-order valence-corrected chi connectivity index (χ3v) is 6.06. The number of nitrogens with one attached hydrogen (secondary N) is 1. The van der Waals surface area contributed by atoms with E-state index in [0.29, 0.717) is 26.5 Å². The number of carbonyl (C=O) groups excluding carboxylic acids is 1. The minimum atomic E-state index is -1.28. The van der Waals surface area contributed by atoms with Gasteiger partial charge in [-0.05, 0) is 56.9 Å². The average molecular weight is 431 g/mol. The number of hydrogen-bond acceptors (Lipinski definition) is 5. The van der Waals surface area contributed by atoms with E-state index in [2.05, 4.69) is 10.3 Å². The molecule has 0 saturated carbocycles. The highest BCUT2D eigenvalue weighted by atomic mass is 32.2. The Morgan fingerprint density at radius 2 is 1.90 bits per heavy atom. The van der Waals surface area contributed by atoms with Crippen molar-refractivity contribution in [2.24, 2.45) is 0 Å². The molecule has 2 aromatic carbocycles. The molecule has 9 heteroatoms. The Kier molecular flexibility index (Phi) is 6.63. The van der Waals surface area contributed by atoms with E-state index in [1.165, 1.54) is 16.2 Å². The van der Waals surface area contributed by atoms with Gasteiger partial charge in [0, 0.05) is 12.7 Å². The lowest BCUT2D eigenvalue weighted by molar-refractivity contribution is 0.258. The number of nitrogens with zero attached hydrogens (tertiary/aromatic N) is 3. The number of rotatable bonds is 6. The number of benzene rings is 2. The van der Waals surface area contributed by atoms with Crippen LogP contribution in [-0.2, 0) is 11.0 Å². The van der Waals surface area contributed by atoms with Crippen LogP contribution < -0.4 is 15.0 Å². The van der Waals surface area contributed by atoms with Gasteiger partial charge < -0.3 is 4.74 Å². The zero-order chi connectivity index (χ0) is 21.0. The molecule has 0 radical (unpaired) electrons. The first kappa shape index (κ1) is 21.0. The highest BCUT2D eigenvalue weighted by Crippen LogP contribution is 2.31. The van der Waals surface area contributed by atoms with Crippen molar-refractivity contribution < 1.29 is 13.7 Å². The number of aromatic nitrogens is 1. The molecule has 29 heavy (non-hydrogen) atoms. The maximum Gasteiger partial charge on any atom is 0.327 e. The lowest BCUT2D eigenvalue weighted by Crippen LogP contribution is -2.31. The smallest absolute Gasteiger partial charge is 0.327 e. The van der Waals surface area contributed by atoms with Crippen LogP contribution in [-0.4, -0.2) is 40.7 Å². The largest absolute Gasteiger partial charge is 0.445 e. The normalized spacial score (nSPS) is 11.9. The first-order valence-corrected chi connectivity index (χ1v) is 10.7. The summed E-state index contributed by atoms with van der Waals surface area (Å²) < 4.78 is 19.6. The van der Waals surface area contributed by atoms with E-state index in [1.807, 2.05) is 31.2 Å². The van der Waals surface area contributed by atoms with Gasteiger partial charge in [0.15, 0.2) is 5.13 Å². The molecular formula is C20H22N4O3S2. The molecule has 1 unspecified atom stereocenters. The van der Waals surface area contributed by atoms with Gasteiger partial charge in [-0.25, -0.2) is 18.3 Å². The summed E-state index contributed by atoms with van der Waals surface area (Å²) >= 11 is 1.24. The van der Waals surface area contributed by atoms with Crippen LogP contribution in [0.5, 0.6) is 10.8 Å². The van der Waals surface area contributed by atoms with E-state index in [9.17, 15) is 9.00 Å². The molecule has 152 valence electrons. The summed E-state index contributed by atoms with van der Waals surface area (Å²) in [6.07, 6.45) is 1.57. The molecule has 7 nitrogen and oxygen atoms in total. The molecule has 0 aliphatic rings. The van der Waals surface area contributed by atoms with Gasteiger partial charge in [-0.15, -0.1) is 0 Å². The van der Waals surface area contributed by atoms with Crippen molar-refractivity contribution in [3.05, 3.63) is 60.3 Å². The number of urea groups is 1. The molecule has 1 N–H and O–H groups in total. The molecule has 1 aromatic heterocycles. The molecule has 0 bridgehead atoms. The lowest BCUT2D eigenvalue weighted by atomic mass is 10.2. The maximum atomic E-state index is 12.6. The molecule has 0 saturated heterocycles. The van der Waals surface area contributed by atoms with Crippen LogP contribution in [0.25, 0.3) is 0 Å². The maximum absolute atomic E-state index is 12.6. The van der Waals surface area contributed by atoms with Crippen LogP contribution in [0.15, 0.2) is 59.6 Å². The summed E-state index contributed by atoms with van der Waals surface area (Å²) in [5.74, 6) is 0.717. The molecule has 2 amide bonds. The Balaban J connectivity index is 1.67. The van der Waals surface area contributed by atoms with E-state index in [4.69, 9.17) is 4.74 Å². The van der Waals surface area contributed by atoms with Crippen molar-refractivity contribution in [3.8, 4) is 10.8 Å². The third kappa shape index (κ3) is 5.41. The van der Waals surface area contributed by atoms with Crippen molar-refractivity contribution in [2.45, 2.75) is 11.8 Å². The zero-order valence-electron chi connectivity index (χ0n) is 16.6. The predicted molar refractivity (Wildman–Crippen MR) is 117 cm³/mol. The molecule has 0 fully saturated rings. The standard InChI is InChI=1S/C20H22N4O3S2/c1-14-7-5-9-16(11-14)27-18-13-21-19(28-18)22-20(25)24(4)15-8-6-10-17(12-15)29(26)23(2)3/h5-13H,1-4H3,(H,21,22,25). The van der Waals surface area contributed by atoms with Crippen molar-refractivity contribution in [3.63, 3.8) is 0 Å². The first-order valence-electron chi connectivity index (χ1n) is 8.78. The summed E-state index contributed by atoms with van der Waals surface area (Å²) in [6.45, 7) is 1.99. The van der Waals surface area contributed by atoms with Crippen molar-refractivity contribution >= 4 is 39.2 Å². The van der Waals surface area contributed by atoms with Gasteiger partial charge in [-0.2, -0.15) is 0 Å². The summed E-state index contributed by atoms with van der Waals surface area (Å²) in [6, 6.07) is 14.4. The Labute approximate surface area is 176 Å². The third-order valence-electron chi connectivity index (χ3n) is 3.95. The van der Waals surface area contributed by atoms with E-state index < -0.39 is 11.0 Å². The quantitative estimate of drug-likeness (QED) is 0.625. The van der Waals surface area contributed by atoms with Crippen LogP contribution in [0, 0.1) is 6.92 Å². The number of thiazole rings is 1. The topological polar surface area (TPSA) is 74.8 Å². The molecule has 3 rings (SSSR count).